The Balaban J connectivity index is 2.64. The molecule has 0 aromatic carbocycles. The van der Waals surface area contributed by atoms with Gasteiger partial charge in [-0.15, -0.1) is 0 Å². The molecule has 0 saturated heterocycles. The first-order valence-electron chi connectivity index (χ1n) is 3.23. The zero-order valence-electron chi connectivity index (χ0n) is 6.03. The second kappa shape index (κ2) is 2.74. The predicted octanol–water partition coefficient (Wildman–Crippen LogP) is 0.333. The molecular formula is C7H8O4. The van der Waals surface area contributed by atoms with E-state index in [-0.39, 0.29) is 18.1 Å². The predicted molar refractivity (Wildman–Crippen MR) is 35.9 cm³/mol. The van der Waals surface area contributed by atoms with Crippen LogP contribution in [-0.2, 0) is 14.3 Å². The number of ether oxygens (including phenoxy) is 1. The van der Waals surface area contributed by atoms with Crippen molar-refractivity contribution < 1.29 is 19.4 Å². The van der Waals surface area contributed by atoms with Gasteiger partial charge in [-0.3, -0.25) is 4.79 Å². The Morgan fingerprint density at radius 2 is 2.45 bits per heavy atom. The largest absolute Gasteiger partial charge is 0.481 e. The molecule has 1 N–H and O–H groups in total. The zero-order chi connectivity index (χ0) is 8.43. The molecule has 0 spiro atoms. The summed E-state index contributed by atoms with van der Waals surface area (Å²) in [5.74, 6) is -1.53. The van der Waals surface area contributed by atoms with Gasteiger partial charge in [0.05, 0.1) is 6.42 Å². The molecule has 1 aliphatic heterocycles. The molecule has 1 rings (SSSR count). The van der Waals surface area contributed by atoms with Gasteiger partial charge < -0.3 is 9.84 Å². The molecule has 11 heavy (non-hydrogen) atoms. The van der Waals surface area contributed by atoms with Crippen molar-refractivity contribution in [1.82, 2.24) is 0 Å². The number of esters is 1. The van der Waals surface area contributed by atoms with Crippen LogP contribution in [0, 0.1) is 0 Å². The van der Waals surface area contributed by atoms with E-state index in [2.05, 4.69) is 4.74 Å². The van der Waals surface area contributed by atoms with Crippen molar-refractivity contribution in [3.8, 4) is 0 Å². The van der Waals surface area contributed by atoms with Crippen LogP contribution in [0.2, 0.25) is 0 Å². The number of hydrogen-bond acceptors (Lipinski definition) is 3. The maximum Gasteiger partial charge on any atom is 0.334 e. The molecule has 0 unspecified atom stereocenters. The second-order valence-corrected chi connectivity index (χ2v) is 2.37. The number of hydrogen-bond donors (Lipinski definition) is 1. The average Bonchev–Trinajstić information content (AvgIpc) is 2.09. The Morgan fingerprint density at radius 3 is 2.82 bits per heavy atom. The Kier molecular flexibility index (Phi) is 1.94. The molecule has 1 heterocycles. The highest BCUT2D eigenvalue weighted by molar-refractivity contribution is 5.95. The van der Waals surface area contributed by atoms with Gasteiger partial charge >= 0.3 is 11.9 Å². The quantitative estimate of drug-likeness (QED) is 0.585. The highest BCUT2D eigenvalue weighted by Crippen LogP contribution is 2.15. The first kappa shape index (κ1) is 7.78. The molecule has 1 atom stereocenters. The molecule has 60 valence electrons. The Morgan fingerprint density at radius 1 is 1.82 bits per heavy atom. The van der Waals surface area contributed by atoms with Gasteiger partial charge in [-0.1, -0.05) is 0 Å². The molecule has 4 heteroatoms. The van der Waals surface area contributed by atoms with Gasteiger partial charge in [-0.25, -0.2) is 4.79 Å². The first-order chi connectivity index (χ1) is 5.09. The van der Waals surface area contributed by atoms with Crippen molar-refractivity contribution in [3.63, 3.8) is 0 Å². The van der Waals surface area contributed by atoms with Crippen molar-refractivity contribution in [3.05, 3.63) is 11.6 Å². The van der Waals surface area contributed by atoms with E-state index in [0.29, 0.717) is 0 Å². The van der Waals surface area contributed by atoms with Gasteiger partial charge in [0.2, 0.25) is 0 Å². The molecular weight excluding hydrogens is 148 g/mol. The molecule has 0 aromatic heterocycles. The van der Waals surface area contributed by atoms with Crippen LogP contribution in [0.1, 0.15) is 13.3 Å². The van der Waals surface area contributed by atoms with Gasteiger partial charge in [0, 0.05) is 5.57 Å². The number of rotatable bonds is 2. The summed E-state index contributed by atoms with van der Waals surface area (Å²) in [7, 11) is 0. The van der Waals surface area contributed by atoms with E-state index in [9.17, 15) is 9.59 Å². The third kappa shape index (κ3) is 1.80. The number of aliphatic carboxylic acids is 1. The van der Waals surface area contributed by atoms with Crippen LogP contribution in [0.15, 0.2) is 11.6 Å². The summed E-state index contributed by atoms with van der Waals surface area (Å²) in [5, 5.41) is 8.33. The highest BCUT2D eigenvalue weighted by atomic mass is 16.5. The normalized spacial score (nSPS) is 22.8. The fourth-order valence-corrected chi connectivity index (χ4v) is 0.924. The lowest BCUT2D eigenvalue weighted by Crippen LogP contribution is -2.06. The summed E-state index contributed by atoms with van der Waals surface area (Å²) in [6, 6.07) is 0. The summed E-state index contributed by atoms with van der Waals surface area (Å²) in [4.78, 5) is 20.9. The van der Waals surface area contributed by atoms with Crippen molar-refractivity contribution in [2.75, 3.05) is 0 Å². The summed E-state index contributed by atoms with van der Waals surface area (Å²) < 4.78 is 4.68. The van der Waals surface area contributed by atoms with E-state index in [1.807, 2.05) is 0 Å². The number of cyclic esters (lactones) is 1. The summed E-state index contributed by atoms with van der Waals surface area (Å²) in [6.45, 7) is 1.69. The van der Waals surface area contributed by atoms with E-state index in [1.54, 1.807) is 6.92 Å². The highest BCUT2D eigenvalue weighted by Gasteiger charge is 2.23. The molecule has 1 aliphatic rings. The van der Waals surface area contributed by atoms with Crippen LogP contribution in [0.5, 0.6) is 0 Å². The van der Waals surface area contributed by atoms with Gasteiger partial charge in [-0.05, 0) is 13.0 Å². The number of carbonyl (C=O) groups excluding carboxylic acids is 1. The Hall–Kier alpha value is -1.32. The van der Waals surface area contributed by atoms with Crippen LogP contribution in [0.3, 0.4) is 0 Å². The fourth-order valence-electron chi connectivity index (χ4n) is 0.924. The number of carbonyl (C=O) groups is 2. The second-order valence-electron chi connectivity index (χ2n) is 2.37. The van der Waals surface area contributed by atoms with Crippen LogP contribution in [0.25, 0.3) is 0 Å². The standard InChI is InChI=1S/C7H8O4/c1-4-2-5(3-6(8)9)7(10)11-4/h2,4H,3H2,1H3,(H,8,9)/t4-/m0/s1. The number of carboxylic acids is 1. The molecule has 0 aliphatic carbocycles. The van der Waals surface area contributed by atoms with Crippen molar-refractivity contribution >= 4 is 11.9 Å². The first-order valence-corrected chi connectivity index (χ1v) is 3.23. The Labute approximate surface area is 63.5 Å². The smallest absolute Gasteiger partial charge is 0.334 e. The van der Waals surface area contributed by atoms with Gasteiger partial charge in [0.1, 0.15) is 6.10 Å². The monoisotopic (exact) mass is 156 g/mol. The molecule has 4 nitrogen and oxygen atoms in total. The summed E-state index contributed by atoms with van der Waals surface area (Å²) in [5.41, 5.74) is 0.241. The molecule has 0 fully saturated rings. The van der Waals surface area contributed by atoms with Crippen LogP contribution < -0.4 is 0 Å². The minimum atomic E-state index is -1.01. The van der Waals surface area contributed by atoms with E-state index in [1.165, 1.54) is 6.08 Å². The Bertz CT molecular complexity index is 229. The van der Waals surface area contributed by atoms with Crippen LogP contribution >= 0.6 is 0 Å². The molecule has 0 bridgehead atoms. The molecule has 0 amide bonds. The van der Waals surface area contributed by atoms with E-state index >= 15 is 0 Å². The van der Waals surface area contributed by atoms with Crippen LogP contribution in [-0.4, -0.2) is 23.1 Å². The van der Waals surface area contributed by atoms with Gasteiger partial charge in [0.25, 0.3) is 0 Å². The molecule has 0 aromatic rings. The van der Waals surface area contributed by atoms with Crippen molar-refractivity contribution in [2.24, 2.45) is 0 Å². The summed E-state index contributed by atoms with van der Waals surface area (Å²) >= 11 is 0. The third-order valence-corrected chi connectivity index (χ3v) is 1.33. The van der Waals surface area contributed by atoms with E-state index in [4.69, 9.17) is 5.11 Å². The zero-order valence-corrected chi connectivity index (χ0v) is 6.03. The SMILES string of the molecule is C[C@H]1C=C(CC(=O)O)C(=O)O1. The van der Waals surface area contributed by atoms with Gasteiger partial charge in [0.15, 0.2) is 0 Å². The van der Waals surface area contributed by atoms with E-state index < -0.39 is 11.9 Å². The molecule has 0 radical (unpaired) electrons. The fraction of sp³-hybridized carbons (Fsp3) is 0.429. The number of carboxylic acid groups (broad SMARTS) is 1. The minimum Gasteiger partial charge on any atom is -0.481 e. The van der Waals surface area contributed by atoms with Crippen molar-refractivity contribution in [2.45, 2.75) is 19.4 Å². The van der Waals surface area contributed by atoms with Crippen LogP contribution in [0.4, 0.5) is 0 Å². The lowest BCUT2D eigenvalue weighted by atomic mass is 10.2. The topological polar surface area (TPSA) is 63.6 Å². The maximum absolute atomic E-state index is 10.8. The average molecular weight is 156 g/mol. The summed E-state index contributed by atoms with van der Waals surface area (Å²) in [6.07, 6.45) is 0.997. The third-order valence-electron chi connectivity index (χ3n) is 1.33. The van der Waals surface area contributed by atoms with Crippen molar-refractivity contribution in [1.29, 1.82) is 0 Å². The lowest BCUT2D eigenvalue weighted by molar-refractivity contribution is -0.142. The van der Waals surface area contributed by atoms with E-state index in [0.717, 1.165) is 0 Å². The maximum atomic E-state index is 10.8. The molecule has 0 saturated carbocycles. The minimum absolute atomic E-state index is 0.241. The van der Waals surface area contributed by atoms with Gasteiger partial charge in [-0.2, -0.15) is 0 Å². The lowest BCUT2D eigenvalue weighted by Gasteiger charge is -1.97.